The fourth-order valence-corrected chi connectivity index (χ4v) is 2.41. The molecule has 3 aromatic rings. The predicted molar refractivity (Wildman–Crippen MR) is 106 cm³/mol. The molecule has 1 aromatic heterocycles. The van der Waals surface area contributed by atoms with Crippen LogP contribution in [0, 0.1) is 0 Å². The highest BCUT2D eigenvalue weighted by Crippen LogP contribution is 2.15. The molecule has 0 saturated carbocycles. The number of nitrogens with two attached hydrogens (primary N) is 1. The lowest BCUT2D eigenvalue weighted by atomic mass is 10.1. The van der Waals surface area contributed by atoms with Crippen LogP contribution in [0.2, 0.25) is 0 Å². The number of fused-ring (bicyclic) bond motifs is 1. The van der Waals surface area contributed by atoms with Gasteiger partial charge in [-0.15, -0.1) is 5.10 Å². The number of nitrogens with one attached hydrogen (secondary N) is 1. The van der Waals surface area contributed by atoms with Crippen LogP contribution < -0.4 is 11.1 Å². The number of benzene rings is 2. The van der Waals surface area contributed by atoms with Crippen LogP contribution in [0.3, 0.4) is 0 Å². The van der Waals surface area contributed by atoms with E-state index in [1.807, 2.05) is 55.5 Å². The molecule has 0 aliphatic heterocycles. The predicted octanol–water partition coefficient (Wildman–Crippen LogP) is 3.59. The van der Waals surface area contributed by atoms with Crippen LogP contribution in [-0.2, 0) is 0 Å². The largest absolute Gasteiger partial charge is 0.386 e. The molecule has 6 heteroatoms. The van der Waals surface area contributed by atoms with Gasteiger partial charge in [0, 0.05) is 17.3 Å². The van der Waals surface area contributed by atoms with Crippen LogP contribution in [0.1, 0.15) is 29.9 Å². The fraction of sp³-hybridized carbons (Fsp3) is 0.100. The molecule has 0 atom stereocenters. The highest BCUT2D eigenvalue weighted by atomic mass is 16.1. The van der Waals surface area contributed by atoms with Gasteiger partial charge in [0.1, 0.15) is 11.5 Å². The zero-order valence-corrected chi connectivity index (χ0v) is 14.6. The third-order valence-electron chi connectivity index (χ3n) is 3.78. The molecule has 0 radical (unpaired) electrons. The first-order chi connectivity index (χ1) is 12.5. The average Bonchev–Trinajstić information content (AvgIpc) is 2.66. The maximum Gasteiger partial charge on any atom is 0.274 e. The summed E-state index contributed by atoms with van der Waals surface area (Å²) in [4.78, 5) is 16.7. The van der Waals surface area contributed by atoms with Gasteiger partial charge in [0.05, 0.1) is 5.71 Å². The van der Waals surface area contributed by atoms with Crippen LogP contribution in [0.15, 0.2) is 71.0 Å². The van der Waals surface area contributed by atoms with E-state index in [9.17, 15) is 4.79 Å². The second-order valence-corrected chi connectivity index (χ2v) is 5.87. The smallest absolute Gasteiger partial charge is 0.274 e. The molecule has 1 heterocycles. The van der Waals surface area contributed by atoms with Crippen LogP contribution in [0.25, 0.3) is 10.8 Å². The lowest BCUT2D eigenvalue weighted by molar-refractivity contribution is 0.102. The van der Waals surface area contributed by atoms with Gasteiger partial charge in [-0.25, -0.2) is 0 Å². The van der Waals surface area contributed by atoms with E-state index in [-0.39, 0.29) is 5.91 Å². The minimum absolute atomic E-state index is 0.253. The normalized spacial score (nSPS) is 12.2. The highest BCUT2D eigenvalue weighted by Gasteiger charge is 2.09. The number of amidine groups is 1. The first kappa shape index (κ1) is 17.3. The van der Waals surface area contributed by atoms with E-state index in [0.29, 0.717) is 17.2 Å². The zero-order valence-electron chi connectivity index (χ0n) is 14.6. The zero-order chi connectivity index (χ0) is 18.5. The summed E-state index contributed by atoms with van der Waals surface area (Å²) in [5.74, 6) is 0.147. The van der Waals surface area contributed by atoms with Crippen LogP contribution in [0.5, 0.6) is 0 Å². The topological polar surface area (TPSA) is 92.7 Å². The summed E-state index contributed by atoms with van der Waals surface area (Å²) in [6, 6.07) is 16.9. The van der Waals surface area contributed by atoms with Gasteiger partial charge in [-0.2, -0.15) is 5.10 Å². The Morgan fingerprint density at radius 2 is 1.69 bits per heavy atom. The monoisotopic (exact) mass is 345 g/mol. The molecule has 0 bridgehead atoms. The Labute approximate surface area is 151 Å². The summed E-state index contributed by atoms with van der Waals surface area (Å²) in [6.45, 7) is 3.52. The number of carbonyl (C=O) groups is 1. The molecule has 3 rings (SSSR count). The van der Waals surface area contributed by atoms with Gasteiger partial charge < -0.3 is 11.1 Å². The van der Waals surface area contributed by atoms with Crippen LogP contribution >= 0.6 is 0 Å². The van der Waals surface area contributed by atoms with E-state index in [4.69, 9.17) is 5.73 Å². The fourth-order valence-electron chi connectivity index (χ4n) is 2.41. The van der Waals surface area contributed by atoms with Crippen molar-refractivity contribution in [3.05, 3.63) is 72.1 Å². The quantitative estimate of drug-likeness (QED) is 0.430. The number of rotatable bonds is 4. The number of anilines is 1. The number of hydrogen-bond acceptors (Lipinski definition) is 4. The Morgan fingerprint density at radius 1 is 1.00 bits per heavy atom. The number of pyridine rings is 1. The van der Waals surface area contributed by atoms with Gasteiger partial charge in [-0.05, 0) is 43.0 Å². The summed E-state index contributed by atoms with van der Waals surface area (Å²) < 4.78 is 0. The van der Waals surface area contributed by atoms with Crippen LogP contribution in [-0.4, -0.2) is 22.4 Å². The Hall–Kier alpha value is -3.54. The van der Waals surface area contributed by atoms with Crippen molar-refractivity contribution in [3.63, 3.8) is 0 Å². The molecule has 130 valence electrons. The van der Waals surface area contributed by atoms with Crippen molar-refractivity contribution in [2.45, 2.75) is 13.8 Å². The van der Waals surface area contributed by atoms with E-state index in [2.05, 4.69) is 20.5 Å². The summed E-state index contributed by atoms with van der Waals surface area (Å²) in [5, 5.41) is 12.7. The average molecular weight is 345 g/mol. The number of nitrogens with zero attached hydrogens (tertiary/aromatic N) is 3. The number of hydrogen-bond donors (Lipinski definition) is 2. The van der Waals surface area contributed by atoms with Gasteiger partial charge in [-0.3, -0.25) is 9.78 Å². The number of carbonyl (C=O) groups excluding carboxylic acids is 1. The molecule has 0 aliphatic carbocycles. The maximum absolute atomic E-state index is 12.4. The third kappa shape index (κ3) is 4.10. The molecule has 0 fully saturated rings. The first-order valence-electron chi connectivity index (χ1n) is 8.14. The Kier molecular flexibility index (Phi) is 5.03. The Morgan fingerprint density at radius 3 is 2.38 bits per heavy atom. The molecule has 0 saturated heterocycles. The van der Waals surface area contributed by atoms with Crippen molar-refractivity contribution in [2.24, 2.45) is 15.9 Å². The van der Waals surface area contributed by atoms with Gasteiger partial charge in [-0.1, -0.05) is 36.4 Å². The summed E-state index contributed by atoms with van der Waals surface area (Å²) in [5.41, 5.74) is 8.17. The standard InChI is InChI=1S/C20H19N5O/c1-13(24-25-14(2)21)15-7-9-18(10-8-15)23-20(26)19-11-16-5-3-4-6-17(16)12-22-19/h3-12H,1-2H3,(H2,21,25)(H,23,26)/b24-13+. The molecule has 0 spiro atoms. The van der Waals surface area contributed by atoms with Crippen molar-refractivity contribution >= 4 is 33.9 Å². The number of aromatic nitrogens is 1. The molecule has 2 aromatic carbocycles. The summed E-state index contributed by atoms with van der Waals surface area (Å²) in [6.07, 6.45) is 1.70. The van der Waals surface area contributed by atoms with Crippen molar-refractivity contribution in [2.75, 3.05) is 5.32 Å². The van der Waals surface area contributed by atoms with E-state index in [1.165, 1.54) is 0 Å². The molecular formula is C20H19N5O. The second-order valence-electron chi connectivity index (χ2n) is 5.87. The van der Waals surface area contributed by atoms with Gasteiger partial charge in [0.15, 0.2) is 0 Å². The summed E-state index contributed by atoms with van der Waals surface area (Å²) in [7, 11) is 0. The lowest BCUT2D eigenvalue weighted by Gasteiger charge is -2.07. The Balaban J connectivity index is 1.74. The molecule has 0 aliphatic rings. The lowest BCUT2D eigenvalue weighted by Crippen LogP contribution is -2.13. The maximum atomic E-state index is 12.4. The SMILES string of the molecule is CC(N)=N/N=C(\C)c1ccc(NC(=O)c2cc3ccccc3cn2)cc1. The molecular weight excluding hydrogens is 326 g/mol. The molecule has 26 heavy (non-hydrogen) atoms. The molecule has 3 N–H and O–H groups in total. The van der Waals surface area contributed by atoms with Crippen molar-refractivity contribution in [3.8, 4) is 0 Å². The number of amides is 1. The van der Waals surface area contributed by atoms with Gasteiger partial charge in [0.2, 0.25) is 0 Å². The molecule has 0 unspecified atom stereocenters. The van der Waals surface area contributed by atoms with Crippen molar-refractivity contribution in [1.29, 1.82) is 0 Å². The minimum Gasteiger partial charge on any atom is -0.386 e. The Bertz CT molecular complexity index is 1000. The minimum atomic E-state index is -0.253. The second kappa shape index (κ2) is 7.57. The molecule has 6 nitrogen and oxygen atoms in total. The third-order valence-corrected chi connectivity index (χ3v) is 3.78. The van der Waals surface area contributed by atoms with E-state index in [1.54, 1.807) is 19.2 Å². The summed E-state index contributed by atoms with van der Waals surface area (Å²) >= 11 is 0. The van der Waals surface area contributed by atoms with Gasteiger partial charge in [0.25, 0.3) is 5.91 Å². The van der Waals surface area contributed by atoms with Crippen molar-refractivity contribution < 1.29 is 4.79 Å². The van der Waals surface area contributed by atoms with Crippen LogP contribution in [0.4, 0.5) is 5.69 Å². The van der Waals surface area contributed by atoms with E-state index < -0.39 is 0 Å². The van der Waals surface area contributed by atoms with Gasteiger partial charge >= 0.3 is 0 Å². The highest BCUT2D eigenvalue weighted by molar-refractivity contribution is 6.05. The first-order valence-corrected chi connectivity index (χ1v) is 8.14. The van der Waals surface area contributed by atoms with E-state index in [0.717, 1.165) is 22.0 Å². The molecule has 1 amide bonds. The van der Waals surface area contributed by atoms with E-state index >= 15 is 0 Å². The van der Waals surface area contributed by atoms with Crippen molar-refractivity contribution in [1.82, 2.24) is 4.98 Å².